The molecule has 3 aromatic rings. The van der Waals surface area contributed by atoms with E-state index in [0.29, 0.717) is 6.04 Å². The highest BCUT2D eigenvalue weighted by atomic mass is 16.5. The number of rotatable bonds is 7. The number of fused-ring (bicyclic) bond motifs is 1. The smallest absolute Gasteiger partial charge is 0.155 e. The second kappa shape index (κ2) is 9.06. The lowest BCUT2D eigenvalue weighted by Gasteiger charge is -2.23. The maximum Gasteiger partial charge on any atom is 0.155 e. The molecule has 2 aromatic carbocycles. The quantitative estimate of drug-likeness (QED) is 0.557. The molecule has 30 heavy (non-hydrogen) atoms. The van der Waals surface area contributed by atoms with Gasteiger partial charge in [-0.05, 0) is 87.3 Å². The van der Waals surface area contributed by atoms with Crippen molar-refractivity contribution in [1.29, 1.82) is 0 Å². The van der Waals surface area contributed by atoms with Gasteiger partial charge < -0.3 is 15.4 Å². The van der Waals surface area contributed by atoms with Crippen molar-refractivity contribution in [2.45, 2.75) is 31.7 Å². The SMILES string of the molecule is c1cc(-c2ccc3c(NC4CCNCC4)n[nH]c3c2)ccc1OCCN1CCCC1. The highest BCUT2D eigenvalue weighted by Crippen LogP contribution is 2.29. The van der Waals surface area contributed by atoms with Crippen LogP contribution >= 0.6 is 0 Å². The van der Waals surface area contributed by atoms with Crippen molar-refractivity contribution in [2.75, 3.05) is 44.6 Å². The molecule has 3 N–H and O–H groups in total. The van der Waals surface area contributed by atoms with Crippen LogP contribution in [0.15, 0.2) is 42.5 Å². The number of piperidine rings is 1. The Labute approximate surface area is 178 Å². The van der Waals surface area contributed by atoms with Crippen LogP contribution < -0.4 is 15.4 Å². The van der Waals surface area contributed by atoms with Gasteiger partial charge in [-0.25, -0.2) is 0 Å². The predicted molar refractivity (Wildman–Crippen MR) is 122 cm³/mol. The molecule has 0 bridgehead atoms. The van der Waals surface area contributed by atoms with Crippen LogP contribution in [0.25, 0.3) is 22.0 Å². The molecule has 2 fully saturated rings. The average Bonchev–Trinajstić information content (AvgIpc) is 3.45. The summed E-state index contributed by atoms with van der Waals surface area (Å²) in [6, 6.07) is 15.4. The lowest BCUT2D eigenvalue weighted by Crippen LogP contribution is -2.35. The van der Waals surface area contributed by atoms with Gasteiger partial charge in [0.15, 0.2) is 5.82 Å². The molecule has 3 heterocycles. The number of likely N-dealkylation sites (tertiary alicyclic amines) is 1. The van der Waals surface area contributed by atoms with Crippen molar-refractivity contribution in [3.05, 3.63) is 42.5 Å². The van der Waals surface area contributed by atoms with Crippen LogP contribution in [0.3, 0.4) is 0 Å². The summed E-state index contributed by atoms with van der Waals surface area (Å²) in [6.45, 7) is 6.35. The van der Waals surface area contributed by atoms with E-state index in [-0.39, 0.29) is 0 Å². The van der Waals surface area contributed by atoms with Gasteiger partial charge in [-0.1, -0.05) is 18.2 Å². The van der Waals surface area contributed by atoms with Crippen molar-refractivity contribution in [2.24, 2.45) is 0 Å². The summed E-state index contributed by atoms with van der Waals surface area (Å²) < 4.78 is 5.93. The summed E-state index contributed by atoms with van der Waals surface area (Å²) in [6.07, 6.45) is 4.92. The van der Waals surface area contributed by atoms with Gasteiger partial charge in [0.05, 0.1) is 5.52 Å². The molecule has 0 spiro atoms. The fraction of sp³-hybridized carbons (Fsp3) is 0.458. The van der Waals surface area contributed by atoms with E-state index in [2.05, 4.69) is 68.2 Å². The highest BCUT2D eigenvalue weighted by molar-refractivity contribution is 5.92. The van der Waals surface area contributed by atoms with Gasteiger partial charge in [0.25, 0.3) is 0 Å². The van der Waals surface area contributed by atoms with E-state index in [1.807, 2.05) is 0 Å². The van der Waals surface area contributed by atoms with Crippen LogP contribution in [-0.4, -0.2) is 60.5 Å². The molecule has 0 radical (unpaired) electrons. The minimum Gasteiger partial charge on any atom is -0.492 e. The van der Waals surface area contributed by atoms with Crippen LogP contribution in [0.4, 0.5) is 5.82 Å². The number of anilines is 1. The molecule has 0 aliphatic carbocycles. The van der Waals surface area contributed by atoms with Crippen molar-refractivity contribution in [1.82, 2.24) is 20.4 Å². The summed E-state index contributed by atoms with van der Waals surface area (Å²) in [5, 5.41) is 15.9. The van der Waals surface area contributed by atoms with E-state index in [0.717, 1.165) is 61.6 Å². The largest absolute Gasteiger partial charge is 0.492 e. The number of aromatic nitrogens is 2. The molecule has 0 amide bonds. The monoisotopic (exact) mass is 405 g/mol. The minimum absolute atomic E-state index is 0.496. The number of nitrogens with one attached hydrogen (secondary N) is 3. The molecule has 6 heteroatoms. The summed E-state index contributed by atoms with van der Waals surface area (Å²) in [7, 11) is 0. The Morgan fingerprint density at radius 2 is 1.77 bits per heavy atom. The van der Waals surface area contributed by atoms with E-state index < -0.39 is 0 Å². The molecule has 2 aliphatic rings. The summed E-state index contributed by atoms with van der Waals surface area (Å²) in [4.78, 5) is 2.47. The average molecular weight is 406 g/mol. The first kappa shape index (κ1) is 19.4. The standard InChI is InChI=1S/C24H31N5O/c1-2-14-29(13-1)15-16-30-21-6-3-18(4-7-21)19-5-8-22-23(17-19)27-28-24(22)26-20-9-11-25-12-10-20/h3-8,17,20,25H,1-2,9-16H2,(H2,26,27,28). The third-order valence-electron chi connectivity index (χ3n) is 6.31. The maximum absolute atomic E-state index is 5.93. The molecule has 2 aliphatic heterocycles. The molecule has 0 saturated carbocycles. The Hall–Kier alpha value is -2.57. The van der Waals surface area contributed by atoms with Crippen LogP contribution in [0.2, 0.25) is 0 Å². The van der Waals surface area contributed by atoms with Crippen molar-refractivity contribution >= 4 is 16.7 Å². The topological polar surface area (TPSA) is 65.2 Å². The van der Waals surface area contributed by atoms with Crippen molar-refractivity contribution in [3.8, 4) is 16.9 Å². The Kier molecular flexibility index (Phi) is 5.86. The molecular weight excluding hydrogens is 374 g/mol. The van der Waals surface area contributed by atoms with E-state index in [1.54, 1.807) is 0 Å². The second-order valence-electron chi connectivity index (χ2n) is 8.42. The zero-order valence-electron chi connectivity index (χ0n) is 17.5. The lowest BCUT2D eigenvalue weighted by molar-refractivity contribution is 0.238. The van der Waals surface area contributed by atoms with Gasteiger partial charge in [0.1, 0.15) is 12.4 Å². The van der Waals surface area contributed by atoms with E-state index >= 15 is 0 Å². The molecule has 0 atom stereocenters. The molecule has 2 saturated heterocycles. The van der Waals surface area contributed by atoms with Gasteiger partial charge in [0.2, 0.25) is 0 Å². The van der Waals surface area contributed by atoms with Crippen LogP contribution in [-0.2, 0) is 0 Å². The zero-order valence-corrected chi connectivity index (χ0v) is 17.5. The Bertz CT molecular complexity index is 955. The van der Waals surface area contributed by atoms with Crippen LogP contribution in [0.1, 0.15) is 25.7 Å². The third kappa shape index (κ3) is 4.45. The summed E-state index contributed by atoms with van der Waals surface area (Å²) in [5.74, 6) is 1.90. The first-order valence-electron chi connectivity index (χ1n) is 11.3. The highest BCUT2D eigenvalue weighted by Gasteiger charge is 2.16. The fourth-order valence-corrected chi connectivity index (χ4v) is 4.51. The van der Waals surface area contributed by atoms with Gasteiger partial charge in [0, 0.05) is 18.0 Å². The molecule has 5 rings (SSSR count). The fourth-order valence-electron chi connectivity index (χ4n) is 4.51. The first-order valence-corrected chi connectivity index (χ1v) is 11.3. The normalized spacial score (nSPS) is 18.1. The number of aromatic amines is 1. The third-order valence-corrected chi connectivity index (χ3v) is 6.31. The van der Waals surface area contributed by atoms with E-state index in [4.69, 9.17) is 4.74 Å². The molecule has 1 aromatic heterocycles. The number of nitrogens with zero attached hydrogens (tertiary/aromatic N) is 2. The number of H-pyrrole nitrogens is 1. The van der Waals surface area contributed by atoms with Crippen LogP contribution in [0.5, 0.6) is 5.75 Å². The Morgan fingerprint density at radius 1 is 1.00 bits per heavy atom. The first-order chi connectivity index (χ1) is 14.8. The van der Waals surface area contributed by atoms with Gasteiger partial charge in [-0.15, -0.1) is 0 Å². The van der Waals surface area contributed by atoms with Gasteiger partial charge >= 0.3 is 0 Å². The van der Waals surface area contributed by atoms with Crippen molar-refractivity contribution in [3.63, 3.8) is 0 Å². The molecular formula is C24H31N5O. The predicted octanol–water partition coefficient (Wildman–Crippen LogP) is 3.87. The number of hydrogen-bond donors (Lipinski definition) is 3. The van der Waals surface area contributed by atoms with Gasteiger partial charge in [-0.2, -0.15) is 5.10 Å². The van der Waals surface area contributed by atoms with Crippen LogP contribution in [0, 0.1) is 0 Å². The molecule has 158 valence electrons. The molecule has 6 nitrogen and oxygen atoms in total. The maximum atomic E-state index is 5.93. The van der Waals surface area contributed by atoms with E-state index in [1.165, 1.54) is 37.1 Å². The zero-order chi connectivity index (χ0) is 20.2. The number of hydrogen-bond acceptors (Lipinski definition) is 5. The van der Waals surface area contributed by atoms with Gasteiger partial charge in [-0.3, -0.25) is 10.00 Å². The number of ether oxygens (including phenoxy) is 1. The van der Waals surface area contributed by atoms with E-state index in [9.17, 15) is 0 Å². The Balaban J connectivity index is 1.23. The molecule has 0 unspecified atom stereocenters. The lowest BCUT2D eigenvalue weighted by atomic mass is 10.0. The van der Waals surface area contributed by atoms with Crippen molar-refractivity contribution < 1.29 is 4.74 Å². The summed E-state index contributed by atoms with van der Waals surface area (Å²) in [5.41, 5.74) is 3.43. The number of benzene rings is 2. The summed E-state index contributed by atoms with van der Waals surface area (Å²) >= 11 is 0. The Morgan fingerprint density at radius 3 is 2.57 bits per heavy atom. The second-order valence-corrected chi connectivity index (χ2v) is 8.42. The minimum atomic E-state index is 0.496.